The highest BCUT2D eigenvalue weighted by Gasteiger charge is 2.08. The Balaban J connectivity index is 2.06. The number of aryl methyl sites for hydroxylation is 1. The van der Waals surface area contributed by atoms with Crippen LogP contribution in [-0.4, -0.2) is 10.1 Å². The van der Waals surface area contributed by atoms with Crippen LogP contribution in [0, 0.1) is 6.92 Å². The average molecular weight is 201 g/mol. The maximum absolute atomic E-state index is 9.91. The first-order valence-corrected chi connectivity index (χ1v) is 5.12. The maximum Gasteiger partial charge on any atom is 0.0844 e. The first-order chi connectivity index (χ1) is 7.25. The molecule has 1 aromatic carbocycles. The van der Waals surface area contributed by atoms with Crippen LogP contribution < -0.4 is 0 Å². The summed E-state index contributed by atoms with van der Waals surface area (Å²) < 4.78 is 0. The molecule has 1 atom stereocenters. The predicted molar refractivity (Wildman–Crippen MR) is 60.6 cm³/mol. The van der Waals surface area contributed by atoms with E-state index in [9.17, 15) is 5.11 Å². The molecule has 1 aromatic heterocycles. The second-order valence-corrected chi connectivity index (χ2v) is 3.85. The van der Waals surface area contributed by atoms with Crippen molar-refractivity contribution >= 4 is 0 Å². The topological polar surface area (TPSA) is 36.0 Å². The molecule has 0 amide bonds. The van der Waals surface area contributed by atoms with E-state index in [4.69, 9.17) is 0 Å². The van der Waals surface area contributed by atoms with Crippen molar-refractivity contribution in [1.82, 2.24) is 4.98 Å². The third-order valence-electron chi connectivity index (χ3n) is 2.56. The molecule has 1 heterocycles. The lowest BCUT2D eigenvalue weighted by Crippen LogP contribution is -2.00. The van der Waals surface area contributed by atoms with E-state index in [0.717, 1.165) is 11.1 Å². The number of rotatable bonds is 3. The molecule has 1 unspecified atom stereocenters. The van der Waals surface area contributed by atoms with Crippen LogP contribution in [0.5, 0.6) is 0 Å². The van der Waals surface area contributed by atoms with E-state index in [0.29, 0.717) is 6.42 Å². The second kappa shape index (κ2) is 4.32. The van der Waals surface area contributed by atoms with Gasteiger partial charge in [-0.2, -0.15) is 0 Å². The van der Waals surface area contributed by atoms with Gasteiger partial charge in [-0.3, -0.25) is 0 Å². The molecule has 0 aliphatic heterocycles. The number of nitrogens with one attached hydrogen (secondary N) is 1. The van der Waals surface area contributed by atoms with Crippen LogP contribution in [0.15, 0.2) is 42.7 Å². The largest absolute Gasteiger partial charge is 0.388 e. The molecule has 0 saturated carbocycles. The number of aliphatic hydroxyl groups excluding tert-OH is 1. The van der Waals surface area contributed by atoms with Crippen LogP contribution in [0.25, 0.3) is 0 Å². The van der Waals surface area contributed by atoms with Crippen molar-refractivity contribution in [3.05, 3.63) is 59.4 Å². The van der Waals surface area contributed by atoms with Crippen molar-refractivity contribution in [2.45, 2.75) is 19.4 Å². The van der Waals surface area contributed by atoms with Gasteiger partial charge in [0.05, 0.1) is 6.10 Å². The van der Waals surface area contributed by atoms with Gasteiger partial charge in [0.15, 0.2) is 0 Å². The summed E-state index contributed by atoms with van der Waals surface area (Å²) in [4.78, 5) is 2.95. The summed E-state index contributed by atoms with van der Waals surface area (Å²) in [5.41, 5.74) is 3.35. The molecule has 2 heteroatoms. The normalized spacial score (nSPS) is 12.7. The number of aromatic amines is 1. The van der Waals surface area contributed by atoms with E-state index in [1.807, 2.05) is 18.5 Å². The van der Waals surface area contributed by atoms with E-state index >= 15 is 0 Å². The summed E-state index contributed by atoms with van der Waals surface area (Å²) in [6.07, 6.45) is 3.91. The van der Waals surface area contributed by atoms with Gasteiger partial charge in [0.2, 0.25) is 0 Å². The molecule has 15 heavy (non-hydrogen) atoms. The van der Waals surface area contributed by atoms with Gasteiger partial charge in [-0.25, -0.2) is 0 Å². The van der Waals surface area contributed by atoms with Crippen LogP contribution in [0.1, 0.15) is 22.8 Å². The Morgan fingerprint density at radius 2 is 1.93 bits per heavy atom. The summed E-state index contributed by atoms with van der Waals surface area (Å²) in [6.45, 7) is 2.06. The molecule has 0 aliphatic rings. The third-order valence-corrected chi connectivity index (χ3v) is 2.56. The highest BCUT2D eigenvalue weighted by atomic mass is 16.3. The molecular formula is C13H15NO. The van der Waals surface area contributed by atoms with E-state index in [-0.39, 0.29) is 0 Å². The van der Waals surface area contributed by atoms with Gasteiger partial charge >= 0.3 is 0 Å². The van der Waals surface area contributed by atoms with Gasteiger partial charge in [0, 0.05) is 18.8 Å². The van der Waals surface area contributed by atoms with E-state index < -0.39 is 6.10 Å². The summed E-state index contributed by atoms with van der Waals surface area (Å²) in [6, 6.07) is 10.2. The van der Waals surface area contributed by atoms with Gasteiger partial charge < -0.3 is 10.1 Å². The SMILES string of the molecule is Cc1ccc(CC(O)c2cc[nH]c2)cc1. The Morgan fingerprint density at radius 1 is 1.20 bits per heavy atom. The van der Waals surface area contributed by atoms with Gasteiger partial charge in [0.1, 0.15) is 0 Å². The van der Waals surface area contributed by atoms with E-state index in [2.05, 4.69) is 36.2 Å². The number of hydrogen-bond acceptors (Lipinski definition) is 1. The summed E-state index contributed by atoms with van der Waals surface area (Å²) in [7, 11) is 0. The van der Waals surface area contributed by atoms with E-state index in [1.165, 1.54) is 5.56 Å². The lowest BCUT2D eigenvalue weighted by molar-refractivity contribution is 0.178. The quantitative estimate of drug-likeness (QED) is 0.786. The van der Waals surface area contributed by atoms with Crippen molar-refractivity contribution in [1.29, 1.82) is 0 Å². The molecule has 0 spiro atoms. The van der Waals surface area contributed by atoms with Crippen molar-refractivity contribution in [3.63, 3.8) is 0 Å². The number of aromatic nitrogens is 1. The van der Waals surface area contributed by atoms with Crippen molar-refractivity contribution < 1.29 is 5.11 Å². The maximum atomic E-state index is 9.91. The molecule has 2 nitrogen and oxygen atoms in total. The van der Waals surface area contributed by atoms with Gasteiger partial charge in [-0.15, -0.1) is 0 Å². The van der Waals surface area contributed by atoms with Crippen LogP contribution >= 0.6 is 0 Å². The minimum Gasteiger partial charge on any atom is -0.388 e. The molecule has 0 radical (unpaired) electrons. The lowest BCUT2D eigenvalue weighted by atomic mass is 10.0. The zero-order valence-corrected chi connectivity index (χ0v) is 8.77. The molecule has 2 aromatic rings. The first kappa shape index (κ1) is 9.99. The lowest BCUT2D eigenvalue weighted by Gasteiger charge is -2.08. The number of aliphatic hydroxyl groups is 1. The molecule has 0 bridgehead atoms. The van der Waals surface area contributed by atoms with Crippen LogP contribution in [0.3, 0.4) is 0 Å². The standard InChI is InChI=1S/C13H15NO/c1-10-2-4-11(5-3-10)8-13(15)12-6-7-14-9-12/h2-7,9,13-15H,8H2,1H3. The Morgan fingerprint density at radius 3 is 2.53 bits per heavy atom. The second-order valence-electron chi connectivity index (χ2n) is 3.85. The highest BCUT2D eigenvalue weighted by Crippen LogP contribution is 2.17. The number of hydrogen-bond donors (Lipinski definition) is 2. The predicted octanol–water partition coefficient (Wildman–Crippen LogP) is 2.60. The van der Waals surface area contributed by atoms with E-state index in [1.54, 1.807) is 0 Å². The first-order valence-electron chi connectivity index (χ1n) is 5.12. The molecule has 0 fully saturated rings. The van der Waals surface area contributed by atoms with Crippen LogP contribution in [-0.2, 0) is 6.42 Å². The van der Waals surface area contributed by atoms with Crippen molar-refractivity contribution in [2.24, 2.45) is 0 Å². The zero-order valence-electron chi connectivity index (χ0n) is 8.77. The van der Waals surface area contributed by atoms with Gasteiger partial charge in [0.25, 0.3) is 0 Å². The molecule has 0 aliphatic carbocycles. The summed E-state index contributed by atoms with van der Waals surface area (Å²) >= 11 is 0. The van der Waals surface area contributed by atoms with Gasteiger partial charge in [-0.1, -0.05) is 29.8 Å². The minimum absolute atomic E-state index is 0.418. The molecule has 2 rings (SSSR count). The number of H-pyrrole nitrogens is 1. The Hall–Kier alpha value is -1.54. The fourth-order valence-corrected chi connectivity index (χ4v) is 1.61. The monoisotopic (exact) mass is 201 g/mol. The molecule has 0 saturated heterocycles. The van der Waals surface area contributed by atoms with Crippen molar-refractivity contribution in [2.75, 3.05) is 0 Å². The molecule has 78 valence electrons. The third kappa shape index (κ3) is 2.48. The molecule has 2 N–H and O–H groups in total. The fraction of sp³-hybridized carbons (Fsp3) is 0.231. The fourth-order valence-electron chi connectivity index (χ4n) is 1.61. The Labute approximate surface area is 89.6 Å². The Bertz CT molecular complexity index is 403. The highest BCUT2D eigenvalue weighted by molar-refractivity contribution is 5.23. The zero-order chi connectivity index (χ0) is 10.7. The smallest absolute Gasteiger partial charge is 0.0844 e. The average Bonchev–Trinajstić information content (AvgIpc) is 2.74. The Kier molecular flexibility index (Phi) is 2.88. The number of benzene rings is 1. The van der Waals surface area contributed by atoms with Crippen LogP contribution in [0.2, 0.25) is 0 Å². The van der Waals surface area contributed by atoms with Crippen LogP contribution in [0.4, 0.5) is 0 Å². The minimum atomic E-state index is -0.418. The van der Waals surface area contributed by atoms with Gasteiger partial charge in [-0.05, 0) is 24.1 Å². The molecular weight excluding hydrogens is 186 g/mol. The summed E-state index contributed by atoms with van der Waals surface area (Å²) in [5, 5.41) is 9.91. The van der Waals surface area contributed by atoms with Crippen molar-refractivity contribution in [3.8, 4) is 0 Å². The summed E-state index contributed by atoms with van der Waals surface area (Å²) in [5.74, 6) is 0.